The van der Waals surface area contributed by atoms with Crippen LogP contribution in [0.15, 0.2) is 11.8 Å². The molecule has 0 radical (unpaired) electrons. The number of rotatable bonds is 0. The fourth-order valence-electron chi connectivity index (χ4n) is 1.72. The number of allylic oxidation sites excluding steroid dienone is 2. The first-order valence-corrected chi connectivity index (χ1v) is 5.25. The highest BCUT2D eigenvalue weighted by molar-refractivity contribution is 7.99. The second kappa shape index (κ2) is 3.07. The number of nitrogens with one attached hydrogen (secondary N) is 1. The van der Waals surface area contributed by atoms with Crippen molar-refractivity contribution in [1.29, 1.82) is 0 Å². The van der Waals surface area contributed by atoms with Crippen molar-refractivity contribution in [1.82, 2.24) is 5.32 Å². The van der Waals surface area contributed by atoms with Gasteiger partial charge in [-0.2, -0.15) is 0 Å². The topological polar surface area (TPSA) is 38.0 Å². The van der Waals surface area contributed by atoms with Crippen LogP contribution >= 0.6 is 11.8 Å². The highest BCUT2D eigenvalue weighted by Crippen LogP contribution is 2.31. The molecule has 3 N–H and O–H groups in total. The van der Waals surface area contributed by atoms with Gasteiger partial charge >= 0.3 is 0 Å². The van der Waals surface area contributed by atoms with Crippen LogP contribution < -0.4 is 11.1 Å². The fourth-order valence-corrected chi connectivity index (χ4v) is 2.72. The Morgan fingerprint density at radius 1 is 1.64 bits per heavy atom. The Kier molecular flexibility index (Phi) is 2.09. The first kappa shape index (κ1) is 7.50. The van der Waals surface area contributed by atoms with Gasteiger partial charge in [-0.05, 0) is 19.3 Å². The zero-order chi connectivity index (χ0) is 7.68. The first-order chi connectivity index (χ1) is 5.36. The van der Waals surface area contributed by atoms with E-state index in [9.17, 15) is 0 Å². The smallest absolute Gasteiger partial charge is 0.123 e. The van der Waals surface area contributed by atoms with E-state index in [4.69, 9.17) is 5.73 Å². The third kappa shape index (κ3) is 1.54. The lowest BCUT2D eigenvalue weighted by atomic mass is 9.94. The van der Waals surface area contributed by atoms with Crippen LogP contribution in [0.4, 0.5) is 0 Å². The van der Waals surface area contributed by atoms with Crippen molar-refractivity contribution in [3.05, 3.63) is 11.8 Å². The summed E-state index contributed by atoms with van der Waals surface area (Å²) in [6.45, 7) is 0. The molecular formula is C8H14N2S. The average molecular weight is 170 g/mol. The summed E-state index contributed by atoms with van der Waals surface area (Å²) in [5, 5.41) is 3.32. The van der Waals surface area contributed by atoms with Crippen molar-refractivity contribution in [2.75, 3.05) is 5.75 Å². The summed E-state index contributed by atoms with van der Waals surface area (Å²) in [6.07, 6.45) is 6.24. The van der Waals surface area contributed by atoms with Crippen molar-refractivity contribution in [3.8, 4) is 0 Å². The number of nitrogens with two attached hydrogens (primary N) is 1. The van der Waals surface area contributed by atoms with Crippen LogP contribution in [0.3, 0.4) is 0 Å². The minimum atomic E-state index is 0.135. The molecule has 2 atom stereocenters. The SMILES string of the molecule is NC1NC2=CCCCC2CS1. The maximum absolute atomic E-state index is 5.75. The molecule has 0 amide bonds. The van der Waals surface area contributed by atoms with E-state index < -0.39 is 0 Å². The predicted octanol–water partition coefficient (Wildman–Crippen LogP) is 1.25. The number of fused-ring (bicyclic) bond motifs is 1. The molecule has 2 nitrogen and oxygen atoms in total. The molecule has 1 heterocycles. The lowest BCUT2D eigenvalue weighted by molar-refractivity contribution is 0.497. The summed E-state index contributed by atoms with van der Waals surface area (Å²) < 4.78 is 0. The van der Waals surface area contributed by atoms with Gasteiger partial charge in [-0.3, -0.25) is 0 Å². The molecule has 3 heteroatoms. The van der Waals surface area contributed by atoms with Gasteiger partial charge in [0.15, 0.2) is 0 Å². The van der Waals surface area contributed by atoms with Crippen LogP contribution in [0.5, 0.6) is 0 Å². The van der Waals surface area contributed by atoms with Crippen LogP contribution in [0.2, 0.25) is 0 Å². The van der Waals surface area contributed by atoms with Crippen LogP contribution in [0, 0.1) is 5.92 Å². The highest BCUT2D eigenvalue weighted by atomic mass is 32.2. The Labute approximate surface area is 71.6 Å². The van der Waals surface area contributed by atoms with Crippen molar-refractivity contribution >= 4 is 11.8 Å². The molecular weight excluding hydrogens is 156 g/mol. The van der Waals surface area contributed by atoms with Gasteiger partial charge in [0.25, 0.3) is 0 Å². The monoisotopic (exact) mass is 170 g/mol. The van der Waals surface area contributed by atoms with E-state index in [0.29, 0.717) is 0 Å². The average Bonchev–Trinajstić information content (AvgIpc) is 2.04. The number of hydrogen-bond donors (Lipinski definition) is 2. The van der Waals surface area contributed by atoms with Crippen LogP contribution in [0.1, 0.15) is 19.3 Å². The second-order valence-corrected chi connectivity index (χ2v) is 4.36. The van der Waals surface area contributed by atoms with Gasteiger partial charge in [0.2, 0.25) is 0 Å². The van der Waals surface area contributed by atoms with Crippen LogP contribution in [0.25, 0.3) is 0 Å². The lowest BCUT2D eigenvalue weighted by Crippen LogP contribution is -2.42. The molecule has 62 valence electrons. The molecule has 1 aliphatic carbocycles. The standard InChI is InChI=1S/C8H14N2S/c9-8-10-7-4-2-1-3-6(7)5-11-8/h4,6,8,10H,1-3,5,9H2. The molecule has 0 bridgehead atoms. The Hall–Kier alpha value is -0.150. The molecule has 0 aromatic heterocycles. The summed E-state index contributed by atoms with van der Waals surface area (Å²) in [5.41, 5.74) is 7.29. The van der Waals surface area contributed by atoms with E-state index in [1.165, 1.54) is 30.7 Å². The first-order valence-electron chi connectivity index (χ1n) is 4.20. The summed E-state index contributed by atoms with van der Waals surface area (Å²) in [4.78, 5) is 0. The quantitative estimate of drug-likeness (QED) is 0.574. The van der Waals surface area contributed by atoms with Gasteiger partial charge in [-0.25, -0.2) is 0 Å². The van der Waals surface area contributed by atoms with E-state index in [1.54, 1.807) is 0 Å². The Morgan fingerprint density at radius 2 is 2.55 bits per heavy atom. The van der Waals surface area contributed by atoms with Gasteiger partial charge in [0.05, 0.1) is 0 Å². The zero-order valence-electron chi connectivity index (χ0n) is 6.55. The summed E-state index contributed by atoms with van der Waals surface area (Å²) in [6, 6.07) is 0. The van der Waals surface area contributed by atoms with Crippen molar-refractivity contribution in [3.63, 3.8) is 0 Å². The largest absolute Gasteiger partial charge is 0.365 e. The van der Waals surface area contributed by atoms with Gasteiger partial charge in [0.1, 0.15) is 5.50 Å². The maximum Gasteiger partial charge on any atom is 0.123 e. The van der Waals surface area contributed by atoms with E-state index in [-0.39, 0.29) is 5.50 Å². The Bertz CT molecular complexity index is 179. The molecule has 0 saturated carbocycles. The molecule has 2 unspecified atom stereocenters. The summed E-state index contributed by atoms with van der Waals surface area (Å²) >= 11 is 1.83. The van der Waals surface area contributed by atoms with E-state index in [2.05, 4.69) is 11.4 Å². The van der Waals surface area contributed by atoms with Crippen LogP contribution in [-0.2, 0) is 0 Å². The lowest BCUT2D eigenvalue weighted by Gasteiger charge is -2.33. The third-order valence-corrected chi connectivity index (χ3v) is 3.42. The van der Waals surface area contributed by atoms with E-state index in [1.807, 2.05) is 11.8 Å². The van der Waals surface area contributed by atoms with Gasteiger partial charge in [0, 0.05) is 17.4 Å². The van der Waals surface area contributed by atoms with E-state index >= 15 is 0 Å². The summed E-state index contributed by atoms with van der Waals surface area (Å²) in [7, 11) is 0. The maximum atomic E-state index is 5.75. The molecule has 2 rings (SSSR count). The minimum Gasteiger partial charge on any atom is -0.365 e. The molecule has 1 aliphatic heterocycles. The van der Waals surface area contributed by atoms with Crippen molar-refractivity contribution in [2.24, 2.45) is 11.7 Å². The Balaban J connectivity index is 2.07. The van der Waals surface area contributed by atoms with E-state index in [0.717, 1.165) is 5.92 Å². The fraction of sp³-hybridized carbons (Fsp3) is 0.750. The van der Waals surface area contributed by atoms with Gasteiger partial charge in [-0.1, -0.05) is 6.08 Å². The normalized spacial score (nSPS) is 37.0. The van der Waals surface area contributed by atoms with Gasteiger partial charge < -0.3 is 11.1 Å². The summed E-state index contributed by atoms with van der Waals surface area (Å²) in [5.74, 6) is 1.98. The molecule has 2 aliphatic rings. The Morgan fingerprint density at radius 3 is 3.45 bits per heavy atom. The predicted molar refractivity (Wildman–Crippen MR) is 49.0 cm³/mol. The highest BCUT2D eigenvalue weighted by Gasteiger charge is 2.24. The number of hydrogen-bond acceptors (Lipinski definition) is 3. The molecule has 0 aromatic rings. The molecule has 1 saturated heterocycles. The van der Waals surface area contributed by atoms with Gasteiger partial charge in [-0.15, -0.1) is 11.8 Å². The zero-order valence-corrected chi connectivity index (χ0v) is 7.36. The third-order valence-electron chi connectivity index (χ3n) is 2.35. The molecule has 0 spiro atoms. The van der Waals surface area contributed by atoms with Crippen molar-refractivity contribution in [2.45, 2.75) is 24.8 Å². The van der Waals surface area contributed by atoms with Crippen LogP contribution in [-0.4, -0.2) is 11.3 Å². The molecule has 1 fully saturated rings. The molecule has 0 aromatic carbocycles. The second-order valence-electron chi connectivity index (χ2n) is 3.19. The minimum absolute atomic E-state index is 0.135. The molecule has 11 heavy (non-hydrogen) atoms. The number of thioether (sulfide) groups is 1. The van der Waals surface area contributed by atoms with Crippen molar-refractivity contribution < 1.29 is 0 Å².